The van der Waals surface area contributed by atoms with Crippen molar-refractivity contribution in [2.45, 2.75) is 26.5 Å². The Kier molecular flexibility index (Phi) is 6.53. The Hall–Kier alpha value is -4.01. The third-order valence-electron chi connectivity index (χ3n) is 3.99. The van der Waals surface area contributed by atoms with Gasteiger partial charge in [-0.3, -0.25) is 4.79 Å². The van der Waals surface area contributed by atoms with E-state index in [1.54, 1.807) is 12.1 Å². The fourth-order valence-corrected chi connectivity index (χ4v) is 2.68. The fourth-order valence-electron chi connectivity index (χ4n) is 2.68. The Bertz CT molecular complexity index is 1040. The molecular formula is C21H21N5O4. The molecule has 0 atom stereocenters. The molecule has 154 valence electrons. The van der Waals surface area contributed by atoms with E-state index in [1.807, 2.05) is 56.3 Å². The number of nitrogens with one attached hydrogen (secondary N) is 1. The summed E-state index contributed by atoms with van der Waals surface area (Å²) >= 11 is 0. The van der Waals surface area contributed by atoms with E-state index in [0.29, 0.717) is 0 Å². The number of hydrazone groups is 1. The van der Waals surface area contributed by atoms with Gasteiger partial charge in [0.1, 0.15) is 5.75 Å². The largest absolute Gasteiger partial charge is 0.491 e. The van der Waals surface area contributed by atoms with Gasteiger partial charge in [0, 0.05) is 0 Å². The Morgan fingerprint density at radius 3 is 2.57 bits per heavy atom. The third-order valence-corrected chi connectivity index (χ3v) is 3.99. The van der Waals surface area contributed by atoms with Crippen molar-refractivity contribution in [3.8, 4) is 5.75 Å². The minimum atomic E-state index is -0.637. The molecule has 0 aliphatic rings. The zero-order chi connectivity index (χ0) is 21.5. The van der Waals surface area contributed by atoms with Gasteiger partial charge in [0.15, 0.2) is 5.69 Å². The van der Waals surface area contributed by atoms with Gasteiger partial charge in [0.05, 0.1) is 30.0 Å². The maximum Gasteiger partial charge on any atom is 0.390 e. The Labute approximate surface area is 173 Å². The lowest BCUT2D eigenvalue weighted by atomic mass is 10.2. The van der Waals surface area contributed by atoms with Crippen LogP contribution in [0.1, 0.15) is 35.5 Å². The van der Waals surface area contributed by atoms with E-state index in [0.717, 1.165) is 22.9 Å². The number of benzene rings is 2. The average molecular weight is 407 g/mol. The van der Waals surface area contributed by atoms with E-state index in [4.69, 9.17) is 4.74 Å². The van der Waals surface area contributed by atoms with Crippen LogP contribution < -0.4 is 10.2 Å². The summed E-state index contributed by atoms with van der Waals surface area (Å²) in [6.07, 6.45) is 1.55. The second-order valence-corrected chi connectivity index (χ2v) is 6.72. The molecule has 1 N–H and O–H groups in total. The Balaban J connectivity index is 1.71. The first-order valence-electron chi connectivity index (χ1n) is 9.28. The number of carbonyl (C=O) groups is 1. The SMILES string of the molecule is CC(C)Oc1ccc(/C=N\NC(=O)c2cc([N+](=O)[O-])nn2Cc2ccccc2)cc1. The van der Waals surface area contributed by atoms with Crippen molar-refractivity contribution in [1.82, 2.24) is 15.2 Å². The molecule has 0 aliphatic carbocycles. The summed E-state index contributed by atoms with van der Waals surface area (Å²) in [6, 6.07) is 17.6. The lowest BCUT2D eigenvalue weighted by Gasteiger charge is -2.09. The number of rotatable bonds is 8. The molecule has 0 unspecified atom stereocenters. The maximum atomic E-state index is 12.5. The van der Waals surface area contributed by atoms with Crippen LogP contribution in [0.2, 0.25) is 0 Å². The summed E-state index contributed by atoms with van der Waals surface area (Å²) < 4.78 is 6.86. The predicted molar refractivity (Wildman–Crippen MR) is 112 cm³/mol. The zero-order valence-corrected chi connectivity index (χ0v) is 16.6. The van der Waals surface area contributed by atoms with Crippen LogP contribution >= 0.6 is 0 Å². The summed E-state index contributed by atoms with van der Waals surface area (Å²) in [5, 5.41) is 18.9. The van der Waals surface area contributed by atoms with Gasteiger partial charge in [0.25, 0.3) is 5.91 Å². The molecule has 0 saturated heterocycles. The van der Waals surface area contributed by atoms with Crippen molar-refractivity contribution in [2.75, 3.05) is 0 Å². The number of amides is 1. The van der Waals surface area contributed by atoms with Gasteiger partial charge in [0.2, 0.25) is 0 Å². The molecule has 30 heavy (non-hydrogen) atoms. The number of hydrogen-bond donors (Lipinski definition) is 1. The van der Waals surface area contributed by atoms with Gasteiger partial charge in [-0.25, -0.2) is 5.43 Å². The molecule has 3 aromatic rings. The summed E-state index contributed by atoms with van der Waals surface area (Å²) in [4.78, 5) is 23.0. The molecular weight excluding hydrogens is 386 g/mol. The minimum Gasteiger partial charge on any atom is -0.491 e. The molecule has 0 radical (unpaired) electrons. The van der Waals surface area contributed by atoms with Gasteiger partial charge in [-0.05, 0) is 54.2 Å². The van der Waals surface area contributed by atoms with E-state index in [-0.39, 0.29) is 18.3 Å². The predicted octanol–water partition coefficient (Wildman–Crippen LogP) is 3.39. The molecule has 0 aliphatic heterocycles. The Morgan fingerprint density at radius 1 is 1.23 bits per heavy atom. The highest BCUT2D eigenvalue weighted by Crippen LogP contribution is 2.15. The fraction of sp³-hybridized carbons (Fsp3) is 0.190. The standard InChI is InChI=1S/C21H21N5O4/c1-15(2)30-18-10-8-16(9-11-18)13-22-23-21(27)19-12-20(26(28)29)24-25(19)14-17-6-4-3-5-7-17/h3-13,15H,14H2,1-2H3,(H,23,27)/b22-13-. The summed E-state index contributed by atoms with van der Waals surface area (Å²) in [6.45, 7) is 4.11. The monoisotopic (exact) mass is 407 g/mol. The second-order valence-electron chi connectivity index (χ2n) is 6.72. The van der Waals surface area contributed by atoms with Crippen LogP contribution in [0.5, 0.6) is 5.75 Å². The number of nitro groups is 1. The van der Waals surface area contributed by atoms with E-state index in [2.05, 4.69) is 15.6 Å². The van der Waals surface area contributed by atoms with E-state index in [9.17, 15) is 14.9 Å². The molecule has 1 heterocycles. The average Bonchev–Trinajstić information content (AvgIpc) is 3.14. The summed E-state index contributed by atoms with van der Waals surface area (Å²) in [7, 11) is 0. The van der Waals surface area contributed by atoms with E-state index in [1.165, 1.54) is 10.9 Å². The van der Waals surface area contributed by atoms with Crippen LogP contribution in [0.3, 0.4) is 0 Å². The van der Waals surface area contributed by atoms with Gasteiger partial charge < -0.3 is 14.9 Å². The van der Waals surface area contributed by atoms with E-state index < -0.39 is 16.6 Å². The first-order chi connectivity index (χ1) is 14.4. The summed E-state index contributed by atoms with van der Waals surface area (Å²) in [5.41, 5.74) is 4.05. The van der Waals surface area contributed by atoms with Gasteiger partial charge in [-0.15, -0.1) is 0 Å². The maximum absolute atomic E-state index is 12.5. The molecule has 0 spiro atoms. The van der Waals surface area contributed by atoms with Crippen molar-refractivity contribution in [3.63, 3.8) is 0 Å². The number of hydrogen-bond acceptors (Lipinski definition) is 6. The smallest absolute Gasteiger partial charge is 0.390 e. The normalized spacial score (nSPS) is 11.0. The first-order valence-corrected chi connectivity index (χ1v) is 9.28. The second kappa shape index (κ2) is 9.46. The van der Waals surface area contributed by atoms with Crippen molar-refractivity contribution >= 4 is 17.9 Å². The molecule has 1 amide bonds. The number of carbonyl (C=O) groups excluding carboxylic acids is 1. The molecule has 0 saturated carbocycles. The summed E-state index contributed by atoms with van der Waals surface area (Å²) in [5.74, 6) is -0.258. The van der Waals surface area contributed by atoms with E-state index >= 15 is 0 Å². The topological polar surface area (TPSA) is 112 Å². The van der Waals surface area contributed by atoms with Crippen LogP contribution in [-0.4, -0.2) is 32.9 Å². The lowest BCUT2D eigenvalue weighted by molar-refractivity contribution is -0.389. The van der Waals surface area contributed by atoms with Gasteiger partial charge >= 0.3 is 5.82 Å². The quantitative estimate of drug-likeness (QED) is 0.349. The van der Waals surface area contributed by atoms with Crippen molar-refractivity contribution < 1.29 is 14.5 Å². The number of nitrogens with zero attached hydrogens (tertiary/aromatic N) is 4. The van der Waals surface area contributed by atoms with Crippen LogP contribution in [0, 0.1) is 10.1 Å². The van der Waals surface area contributed by atoms with Crippen LogP contribution in [-0.2, 0) is 6.54 Å². The minimum absolute atomic E-state index is 0.0448. The highest BCUT2D eigenvalue weighted by atomic mass is 16.6. The zero-order valence-electron chi connectivity index (χ0n) is 16.6. The first kappa shape index (κ1) is 20.7. The highest BCUT2D eigenvalue weighted by Gasteiger charge is 2.23. The van der Waals surface area contributed by atoms with Crippen LogP contribution in [0.15, 0.2) is 65.8 Å². The molecule has 0 fully saturated rings. The number of aromatic nitrogens is 2. The van der Waals surface area contributed by atoms with Crippen LogP contribution in [0.4, 0.5) is 5.82 Å². The lowest BCUT2D eigenvalue weighted by Crippen LogP contribution is -2.22. The van der Waals surface area contributed by atoms with Crippen molar-refractivity contribution in [3.05, 3.63) is 87.6 Å². The molecule has 3 rings (SSSR count). The Morgan fingerprint density at radius 2 is 1.93 bits per heavy atom. The van der Waals surface area contributed by atoms with Crippen molar-refractivity contribution in [1.29, 1.82) is 0 Å². The molecule has 1 aromatic heterocycles. The molecule has 9 nitrogen and oxygen atoms in total. The molecule has 2 aromatic carbocycles. The van der Waals surface area contributed by atoms with Crippen molar-refractivity contribution in [2.24, 2.45) is 5.10 Å². The number of ether oxygens (including phenoxy) is 1. The van der Waals surface area contributed by atoms with Gasteiger partial charge in [-0.1, -0.05) is 30.3 Å². The van der Waals surface area contributed by atoms with Crippen LogP contribution in [0.25, 0.3) is 0 Å². The highest BCUT2D eigenvalue weighted by molar-refractivity contribution is 5.93. The third kappa shape index (κ3) is 5.51. The van der Waals surface area contributed by atoms with Gasteiger partial charge in [-0.2, -0.15) is 9.78 Å². The molecule has 9 heteroatoms. The molecule has 0 bridgehead atoms.